The lowest BCUT2D eigenvalue weighted by molar-refractivity contribution is -0.384. The Hall–Kier alpha value is -2.74. The number of non-ortho nitro benzene ring substituents is 1. The summed E-state index contributed by atoms with van der Waals surface area (Å²) in [6.45, 7) is 0. The molecule has 2 rings (SSSR count). The molecule has 0 fully saturated rings. The van der Waals surface area contributed by atoms with Gasteiger partial charge in [-0.3, -0.25) is 20.3 Å². The minimum Gasteiger partial charge on any atom is -0.298 e. The lowest BCUT2D eigenvalue weighted by Gasteiger charge is -2.02. The van der Waals surface area contributed by atoms with Crippen LogP contribution in [-0.4, -0.2) is 17.2 Å². The number of halogens is 1. The largest absolute Gasteiger partial charge is 0.437 e. The maximum absolute atomic E-state index is 11.5. The molecule has 0 saturated heterocycles. The molecule has 2 aromatic rings. The first-order valence-corrected chi connectivity index (χ1v) is 6.85. The van der Waals surface area contributed by atoms with Crippen molar-refractivity contribution in [3.63, 3.8) is 0 Å². The number of nitrogens with one attached hydrogen (secondary N) is 1. The quantitative estimate of drug-likeness (QED) is 0.385. The first-order chi connectivity index (χ1) is 10.5. The molecule has 0 spiro atoms. The third kappa shape index (κ3) is 4.67. The average molecular weight is 364 g/mol. The van der Waals surface area contributed by atoms with E-state index in [1.54, 1.807) is 24.3 Å². The Morgan fingerprint density at radius 2 is 1.82 bits per heavy atom. The lowest BCUT2D eigenvalue weighted by Crippen LogP contribution is -2.10. The summed E-state index contributed by atoms with van der Waals surface area (Å²) in [5.74, 6) is 0. The maximum Gasteiger partial charge on any atom is 0.437 e. The van der Waals surface area contributed by atoms with Crippen molar-refractivity contribution in [2.45, 2.75) is 0 Å². The third-order valence-electron chi connectivity index (χ3n) is 2.53. The number of nitro groups is 1. The van der Waals surface area contributed by atoms with E-state index in [0.717, 1.165) is 4.47 Å². The highest BCUT2D eigenvalue weighted by molar-refractivity contribution is 9.10. The van der Waals surface area contributed by atoms with Crippen molar-refractivity contribution in [2.75, 3.05) is 5.32 Å². The Balaban J connectivity index is 1.87. The number of oxime groups is 1. The third-order valence-corrected chi connectivity index (χ3v) is 3.06. The summed E-state index contributed by atoms with van der Waals surface area (Å²) in [5.41, 5.74) is 1.12. The number of benzene rings is 2. The van der Waals surface area contributed by atoms with Crippen molar-refractivity contribution >= 4 is 39.6 Å². The van der Waals surface area contributed by atoms with E-state index in [2.05, 4.69) is 31.2 Å². The van der Waals surface area contributed by atoms with Gasteiger partial charge in [-0.25, -0.2) is 4.79 Å². The van der Waals surface area contributed by atoms with Crippen LogP contribution in [0, 0.1) is 10.1 Å². The Morgan fingerprint density at radius 3 is 2.41 bits per heavy atom. The van der Waals surface area contributed by atoms with E-state index in [4.69, 9.17) is 0 Å². The van der Waals surface area contributed by atoms with Gasteiger partial charge in [0.2, 0.25) is 0 Å². The molecule has 0 aromatic heterocycles. The molecule has 112 valence electrons. The molecule has 0 unspecified atom stereocenters. The van der Waals surface area contributed by atoms with Gasteiger partial charge in [0.25, 0.3) is 5.69 Å². The smallest absolute Gasteiger partial charge is 0.298 e. The number of nitro benzene ring substituents is 1. The van der Waals surface area contributed by atoms with Crippen LogP contribution in [0.15, 0.2) is 58.2 Å². The topological polar surface area (TPSA) is 93.8 Å². The summed E-state index contributed by atoms with van der Waals surface area (Å²) in [7, 11) is 0. The monoisotopic (exact) mass is 363 g/mol. The van der Waals surface area contributed by atoms with Gasteiger partial charge >= 0.3 is 6.09 Å². The number of rotatable bonds is 4. The van der Waals surface area contributed by atoms with E-state index in [-0.39, 0.29) is 5.69 Å². The van der Waals surface area contributed by atoms with Crippen LogP contribution < -0.4 is 5.32 Å². The summed E-state index contributed by atoms with van der Waals surface area (Å²) in [5, 5.41) is 16.5. The molecule has 0 bridgehead atoms. The summed E-state index contributed by atoms with van der Waals surface area (Å²) in [6, 6.07) is 12.6. The first-order valence-electron chi connectivity index (χ1n) is 6.06. The van der Waals surface area contributed by atoms with Gasteiger partial charge in [-0.05, 0) is 42.0 Å². The average Bonchev–Trinajstić information content (AvgIpc) is 2.50. The molecule has 22 heavy (non-hydrogen) atoms. The van der Waals surface area contributed by atoms with Gasteiger partial charge in [0.15, 0.2) is 0 Å². The molecule has 1 amide bonds. The SMILES string of the molecule is O=C(Nc1ccc(Br)cc1)O/N=C/c1ccc([N+](=O)[O-])cc1. The fourth-order valence-electron chi connectivity index (χ4n) is 1.49. The van der Waals surface area contributed by atoms with Crippen LogP contribution in [0.3, 0.4) is 0 Å². The Morgan fingerprint density at radius 1 is 1.18 bits per heavy atom. The molecular formula is C14H10BrN3O4. The second-order valence-corrected chi connectivity index (χ2v) is 5.01. The predicted molar refractivity (Wildman–Crippen MR) is 84.9 cm³/mol. The predicted octanol–water partition coefficient (Wildman–Crippen LogP) is 3.94. The van der Waals surface area contributed by atoms with E-state index in [0.29, 0.717) is 11.3 Å². The zero-order valence-corrected chi connectivity index (χ0v) is 12.7. The van der Waals surface area contributed by atoms with Crippen LogP contribution in [0.25, 0.3) is 0 Å². The first kappa shape index (κ1) is 15.6. The Labute approximate surface area is 133 Å². The number of carbonyl (C=O) groups excluding carboxylic acids is 1. The standard InChI is InChI=1S/C14H10BrN3O4/c15-11-3-5-12(6-4-11)17-14(19)22-16-9-10-1-7-13(8-2-10)18(20)21/h1-9H,(H,17,19)/b16-9+. The summed E-state index contributed by atoms with van der Waals surface area (Å²) >= 11 is 3.28. The number of nitrogens with zero attached hydrogens (tertiary/aromatic N) is 2. The summed E-state index contributed by atoms with van der Waals surface area (Å²) in [4.78, 5) is 26.1. The van der Waals surface area contributed by atoms with Crippen molar-refractivity contribution in [3.8, 4) is 0 Å². The lowest BCUT2D eigenvalue weighted by atomic mass is 10.2. The molecule has 7 nitrogen and oxygen atoms in total. The molecule has 0 saturated carbocycles. The van der Waals surface area contributed by atoms with Crippen molar-refractivity contribution in [3.05, 3.63) is 68.7 Å². The summed E-state index contributed by atoms with van der Waals surface area (Å²) in [6.07, 6.45) is 0.547. The molecule has 0 atom stereocenters. The number of anilines is 1. The highest BCUT2D eigenvalue weighted by Crippen LogP contribution is 2.14. The van der Waals surface area contributed by atoms with Crippen molar-refractivity contribution in [1.82, 2.24) is 0 Å². The number of hydrogen-bond acceptors (Lipinski definition) is 5. The van der Waals surface area contributed by atoms with Gasteiger partial charge in [0, 0.05) is 22.3 Å². The highest BCUT2D eigenvalue weighted by atomic mass is 79.9. The molecule has 0 radical (unpaired) electrons. The molecule has 0 aliphatic carbocycles. The van der Waals surface area contributed by atoms with E-state index in [1.165, 1.54) is 30.5 Å². The highest BCUT2D eigenvalue weighted by Gasteiger charge is 2.04. The molecule has 0 aliphatic rings. The number of hydrogen-bond donors (Lipinski definition) is 1. The number of carbonyl (C=O) groups is 1. The van der Waals surface area contributed by atoms with Gasteiger partial charge in [0.1, 0.15) is 0 Å². The zero-order valence-electron chi connectivity index (χ0n) is 11.1. The minimum atomic E-state index is -0.736. The molecule has 0 heterocycles. The van der Waals surface area contributed by atoms with Crippen LogP contribution in [-0.2, 0) is 4.84 Å². The van der Waals surface area contributed by atoms with Crippen molar-refractivity contribution < 1.29 is 14.6 Å². The molecule has 8 heteroatoms. The van der Waals surface area contributed by atoms with Gasteiger partial charge in [-0.2, -0.15) is 0 Å². The zero-order chi connectivity index (χ0) is 15.9. The normalized spacial score (nSPS) is 10.4. The van der Waals surface area contributed by atoms with Gasteiger partial charge in [0.05, 0.1) is 11.1 Å². The second-order valence-electron chi connectivity index (χ2n) is 4.09. The van der Waals surface area contributed by atoms with E-state index >= 15 is 0 Å². The van der Waals surface area contributed by atoms with Crippen LogP contribution >= 0.6 is 15.9 Å². The van der Waals surface area contributed by atoms with Crippen molar-refractivity contribution in [2.24, 2.45) is 5.16 Å². The van der Waals surface area contributed by atoms with Gasteiger partial charge in [-0.1, -0.05) is 21.1 Å². The van der Waals surface area contributed by atoms with Crippen LogP contribution in [0.5, 0.6) is 0 Å². The molecule has 1 N–H and O–H groups in total. The van der Waals surface area contributed by atoms with E-state index in [9.17, 15) is 14.9 Å². The van der Waals surface area contributed by atoms with Crippen LogP contribution in [0.4, 0.5) is 16.2 Å². The van der Waals surface area contributed by atoms with E-state index in [1.807, 2.05) is 0 Å². The van der Waals surface area contributed by atoms with Gasteiger partial charge < -0.3 is 0 Å². The molecular weight excluding hydrogens is 354 g/mol. The second kappa shape index (κ2) is 7.32. The van der Waals surface area contributed by atoms with Crippen LogP contribution in [0.2, 0.25) is 0 Å². The van der Waals surface area contributed by atoms with E-state index < -0.39 is 11.0 Å². The van der Waals surface area contributed by atoms with Crippen molar-refractivity contribution in [1.29, 1.82) is 0 Å². The molecule has 2 aromatic carbocycles. The maximum atomic E-state index is 11.5. The summed E-state index contributed by atoms with van der Waals surface area (Å²) < 4.78 is 0.891. The van der Waals surface area contributed by atoms with Gasteiger partial charge in [-0.15, -0.1) is 0 Å². The fourth-order valence-corrected chi connectivity index (χ4v) is 1.76. The Bertz CT molecular complexity index is 699. The minimum absolute atomic E-state index is 0.0222. The van der Waals surface area contributed by atoms with Crippen LogP contribution in [0.1, 0.15) is 5.56 Å². The fraction of sp³-hybridized carbons (Fsp3) is 0. The molecule has 0 aliphatic heterocycles. The number of amides is 1. The Kier molecular flexibility index (Phi) is 5.21.